The molecule has 0 atom stereocenters. The molecule has 0 aliphatic carbocycles. The highest BCUT2D eigenvalue weighted by Crippen LogP contribution is 2.04. The Hall–Kier alpha value is -1.16. The van der Waals surface area contributed by atoms with Gasteiger partial charge in [-0.2, -0.15) is 0 Å². The summed E-state index contributed by atoms with van der Waals surface area (Å²) in [5.41, 5.74) is 1.50. The van der Waals surface area contributed by atoms with E-state index >= 15 is 0 Å². The molecular weight excluding hydrogens is 100 g/mol. The van der Waals surface area contributed by atoms with E-state index < -0.39 is 0 Å². The van der Waals surface area contributed by atoms with E-state index in [2.05, 4.69) is 12.8 Å². The highest BCUT2D eigenvalue weighted by Gasteiger charge is 1.92. The van der Waals surface area contributed by atoms with Crippen LogP contribution in [-0.4, -0.2) is 0 Å². The fourth-order valence-corrected chi connectivity index (χ4v) is 0.450. The SMILES string of the molecule is C#Cc1cocc1[CH2]. The minimum Gasteiger partial charge on any atom is -0.471 e. The zero-order valence-electron chi connectivity index (χ0n) is 4.35. The monoisotopic (exact) mass is 105 g/mol. The molecule has 0 fully saturated rings. The van der Waals surface area contributed by atoms with Crippen LogP contribution in [0.2, 0.25) is 0 Å². The van der Waals surface area contributed by atoms with Crippen molar-refractivity contribution < 1.29 is 4.42 Å². The number of furan rings is 1. The Labute approximate surface area is 48.3 Å². The molecule has 0 unspecified atom stereocenters. The molecule has 1 radical (unpaired) electrons. The van der Waals surface area contributed by atoms with E-state index in [9.17, 15) is 0 Å². The normalized spacial score (nSPS) is 8.50. The summed E-state index contributed by atoms with van der Waals surface area (Å²) >= 11 is 0. The van der Waals surface area contributed by atoms with Crippen LogP contribution >= 0.6 is 0 Å². The average molecular weight is 105 g/mol. The smallest absolute Gasteiger partial charge is 0.106 e. The molecule has 1 nitrogen and oxygen atoms in total. The van der Waals surface area contributed by atoms with Gasteiger partial charge in [0.25, 0.3) is 0 Å². The zero-order valence-corrected chi connectivity index (χ0v) is 4.35. The standard InChI is InChI=1S/C7H5O/c1-3-7-5-8-4-6(7)2/h1,4-5H,2H2. The summed E-state index contributed by atoms with van der Waals surface area (Å²) in [6.07, 6.45) is 8.07. The number of terminal acetylenes is 1. The minimum absolute atomic E-state index is 0.727. The van der Waals surface area contributed by atoms with Gasteiger partial charge in [0.1, 0.15) is 6.26 Å². The molecule has 39 valence electrons. The summed E-state index contributed by atoms with van der Waals surface area (Å²) < 4.78 is 4.73. The Morgan fingerprint density at radius 2 is 2.38 bits per heavy atom. The van der Waals surface area contributed by atoms with Gasteiger partial charge in [-0.1, -0.05) is 5.92 Å². The Morgan fingerprint density at radius 3 is 2.62 bits per heavy atom. The number of rotatable bonds is 0. The molecule has 0 spiro atoms. The van der Waals surface area contributed by atoms with Crippen LogP contribution in [0, 0.1) is 19.3 Å². The van der Waals surface area contributed by atoms with Crippen molar-refractivity contribution in [2.24, 2.45) is 0 Å². The molecule has 1 heterocycles. The van der Waals surface area contributed by atoms with Crippen molar-refractivity contribution in [1.82, 2.24) is 0 Å². The van der Waals surface area contributed by atoms with Crippen molar-refractivity contribution in [3.05, 3.63) is 30.6 Å². The van der Waals surface area contributed by atoms with Crippen molar-refractivity contribution in [1.29, 1.82) is 0 Å². The molecule has 0 aliphatic heterocycles. The topological polar surface area (TPSA) is 13.1 Å². The summed E-state index contributed by atoms with van der Waals surface area (Å²) in [4.78, 5) is 0. The van der Waals surface area contributed by atoms with E-state index in [0.717, 1.165) is 11.1 Å². The minimum atomic E-state index is 0.727. The maximum Gasteiger partial charge on any atom is 0.106 e. The highest BCUT2D eigenvalue weighted by molar-refractivity contribution is 5.37. The highest BCUT2D eigenvalue weighted by atomic mass is 16.3. The van der Waals surface area contributed by atoms with Crippen LogP contribution in [0.25, 0.3) is 0 Å². The molecule has 1 heteroatoms. The Bertz CT molecular complexity index is 215. The Morgan fingerprint density at radius 1 is 1.62 bits per heavy atom. The second kappa shape index (κ2) is 1.75. The summed E-state index contributed by atoms with van der Waals surface area (Å²) in [7, 11) is 0. The molecular formula is C7H5O. The van der Waals surface area contributed by atoms with Gasteiger partial charge >= 0.3 is 0 Å². The first-order chi connectivity index (χ1) is 3.84. The van der Waals surface area contributed by atoms with Gasteiger partial charge < -0.3 is 4.42 Å². The lowest BCUT2D eigenvalue weighted by atomic mass is 10.2. The molecule has 0 amide bonds. The van der Waals surface area contributed by atoms with E-state index in [-0.39, 0.29) is 0 Å². The van der Waals surface area contributed by atoms with Crippen molar-refractivity contribution in [3.63, 3.8) is 0 Å². The second-order valence-corrected chi connectivity index (χ2v) is 1.46. The molecule has 1 aromatic rings. The fourth-order valence-electron chi connectivity index (χ4n) is 0.450. The van der Waals surface area contributed by atoms with E-state index in [1.807, 2.05) is 0 Å². The largest absolute Gasteiger partial charge is 0.471 e. The van der Waals surface area contributed by atoms with E-state index in [4.69, 9.17) is 10.8 Å². The molecule has 8 heavy (non-hydrogen) atoms. The van der Waals surface area contributed by atoms with E-state index in [1.54, 1.807) is 0 Å². The predicted octanol–water partition coefficient (Wildman–Crippen LogP) is 1.44. The summed E-state index contributed by atoms with van der Waals surface area (Å²) in [6, 6.07) is 0. The lowest BCUT2D eigenvalue weighted by Crippen LogP contribution is -1.67. The zero-order chi connectivity index (χ0) is 5.98. The average Bonchev–Trinajstić information content (AvgIpc) is 2.14. The molecule has 0 saturated carbocycles. The quantitative estimate of drug-likeness (QED) is 0.455. The van der Waals surface area contributed by atoms with Crippen LogP contribution in [0.1, 0.15) is 11.1 Å². The third-order valence-electron chi connectivity index (χ3n) is 0.898. The van der Waals surface area contributed by atoms with Gasteiger partial charge in [0.15, 0.2) is 0 Å². The number of hydrogen-bond donors (Lipinski definition) is 0. The van der Waals surface area contributed by atoms with Gasteiger partial charge in [-0.25, -0.2) is 0 Å². The Kier molecular flexibility index (Phi) is 1.09. The Balaban J connectivity index is 3.15. The molecule has 1 aromatic heterocycles. The van der Waals surface area contributed by atoms with Gasteiger partial charge in [0, 0.05) is 5.56 Å². The maximum absolute atomic E-state index is 5.05. The lowest BCUT2D eigenvalue weighted by Gasteiger charge is -1.76. The first-order valence-corrected chi connectivity index (χ1v) is 2.19. The van der Waals surface area contributed by atoms with Gasteiger partial charge in [-0.3, -0.25) is 0 Å². The van der Waals surface area contributed by atoms with Gasteiger partial charge in [-0.05, 0) is 6.92 Å². The maximum atomic E-state index is 5.05. The molecule has 0 bridgehead atoms. The third-order valence-corrected chi connectivity index (χ3v) is 0.898. The van der Waals surface area contributed by atoms with Crippen LogP contribution in [0.15, 0.2) is 16.9 Å². The van der Waals surface area contributed by atoms with Crippen molar-refractivity contribution in [2.45, 2.75) is 0 Å². The fraction of sp³-hybridized carbons (Fsp3) is 0. The van der Waals surface area contributed by atoms with Crippen LogP contribution < -0.4 is 0 Å². The van der Waals surface area contributed by atoms with Crippen molar-refractivity contribution in [3.8, 4) is 12.3 Å². The summed E-state index contributed by atoms with van der Waals surface area (Å²) in [5, 5.41) is 0. The van der Waals surface area contributed by atoms with Gasteiger partial charge in [0.05, 0.1) is 11.8 Å². The van der Waals surface area contributed by atoms with Crippen LogP contribution in [0.4, 0.5) is 0 Å². The first-order valence-electron chi connectivity index (χ1n) is 2.19. The number of hydrogen-bond acceptors (Lipinski definition) is 1. The summed E-state index contributed by atoms with van der Waals surface area (Å²) in [6.45, 7) is 3.62. The lowest BCUT2D eigenvalue weighted by molar-refractivity contribution is 0.565. The second-order valence-electron chi connectivity index (χ2n) is 1.46. The third kappa shape index (κ3) is 0.607. The van der Waals surface area contributed by atoms with E-state index in [0.29, 0.717) is 0 Å². The molecule has 1 rings (SSSR count). The van der Waals surface area contributed by atoms with Gasteiger partial charge in [-0.15, -0.1) is 6.42 Å². The summed E-state index contributed by atoms with van der Waals surface area (Å²) in [5.74, 6) is 2.42. The van der Waals surface area contributed by atoms with Crippen molar-refractivity contribution in [2.75, 3.05) is 0 Å². The molecule has 0 saturated heterocycles. The molecule has 0 N–H and O–H groups in total. The van der Waals surface area contributed by atoms with Gasteiger partial charge in [0.2, 0.25) is 0 Å². The first kappa shape index (κ1) is 4.99. The van der Waals surface area contributed by atoms with E-state index in [1.165, 1.54) is 12.5 Å². The predicted molar refractivity (Wildman–Crippen MR) is 31.1 cm³/mol. The van der Waals surface area contributed by atoms with Crippen LogP contribution in [0.3, 0.4) is 0 Å². The van der Waals surface area contributed by atoms with Crippen LogP contribution in [0.5, 0.6) is 0 Å². The van der Waals surface area contributed by atoms with Crippen LogP contribution in [-0.2, 0) is 0 Å². The molecule has 0 aliphatic rings. The molecule has 0 aromatic carbocycles. The van der Waals surface area contributed by atoms with Crippen molar-refractivity contribution >= 4 is 0 Å².